The maximum absolute atomic E-state index is 11.7. The Morgan fingerprint density at radius 1 is 1.64 bits per heavy atom. The number of rotatable bonds is 2. The van der Waals surface area contributed by atoms with Gasteiger partial charge in [0.25, 0.3) is 0 Å². The highest BCUT2D eigenvalue weighted by Crippen LogP contribution is 2.25. The predicted octanol–water partition coefficient (Wildman–Crippen LogP) is 1.59. The fourth-order valence-electron chi connectivity index (χ4n) is 1.79. The SMILES string of the molecule is CCC1NC(c2ccsc2)N(C)C1=O. The van der Waals surface area contributed by atoms with E-state index in [9.17, 15) is 4.79 Å². The minimum absolute atomic E-state index is 0.00935. The third kappa shape index (κ3) is 1.44. The van der Waals surface area contributed by atoms with Crippen LogP contribution in [0.15, 0.2) is 16.8 Å². The molecule has 1 aliphatic heterocycles. The van der Waals surface area contributed by atoms with Gasteiger partial charge in [0.15, 0.2) is 0 Å². The number of carbonyl (C=O) groups excluding carboxylic acids is 1. The molecule has 0 aromatic carbocycles. The number of nitrogens with zero attached hydrogens (tertiary/aromatic N) is 1. The molecule has 1 saturated heterocycles. The lowest BCUT2D eigenvalue weighted by Gasteiger charge is -2.17. The number of hydrogen-bond acceptors (Lipinski definition) is 3. The maximum Gasteiger partial charge on any atom is 0.241 e. The van der Waals surface area contributed by atoms with E-state index in [1.54, 1.807) is 16.2 Å². The van der Waals surface area contributed by atoms with E-state index >= 15 is 0 Å². The summed E-state index contributed by atoms with van der Waals surface area (Å²) in [7, 11) is 1.85. The number of carbonyl (C=O) groups is 1. The summed E-state index contributed by atoms with van der Waals surface area (Å²) < 4.78 is 0. The largest absolute Gasteiger partial charge is 0.325 e. The molecule has 0 saturated carbocycles. The molecule has 14 heavy (non-hydrogen) atoms. The summed E-state index contributed by atoms with van der Waals surface area (Å²) >= 11 is 1.66. The minimum Gasteiger partial charge on any atom is -0.325 e. The Hall–Kier alpha value is -0.870. The highest BCUT2D eigenvalue weighted by atomic mass is 32.1. The average molecular weight is 210 g/mol. The summed E-state index contributed by atoms with van der Waals surface area (Å²) in [6, 6.07) is 2.05. The molecule has 0 radical (unpaired) electrons. The van der Waals surface area contributed by atoms with E-state index < -0.39 is 0 Å². The van der Waals surface area contributed by atoms with Crippen molar-refractivity contribution >= 4 is 17.2 Å². The molecule has 1 aliphatic rings. The fourth-order valence-corrected chi connectivity index (χ4v) is 2.47. The predicted molar refractivity (Wildman–Crippen MR) is 57.0 cm³/mol. The van der Waals surface area contributed by atoms with Gasteiger partial charge in [-0.05, 0) is 28.8 Å². The first-order chi connectivity index (χ1) is 6.74. The normalized spacial score (nSPS) is 27.3. The standard InChI is InChI=1S/C10H14N2OS/c1-3-8-10(13)12(2)9(11-8)7-4-5-14-6-7/h4-6,8-9,11H,3H2,1-2H3. The highest BCUT2D eigenvalue weighted by molar-refractivity contribution is 7.07. The van der Waals surface area contributed by atoms with Crippen molar-refractivity contribution in [3.63, 3.8) is 0 Å². The summed E-state index contributed by atoms with van der Waals surface area (Å²) in [5.41, 5.74) is 1.18. The summed E-state index contributed by atoms with van der Waals surface area (Å²) in [5.74, 6) is 0.198. The van der Waals surface area contributed by atoms with E-state index in [0.29, 0.717) is 0 Å². The molecule has 2 atom stereocenters. The van der Waals surface area contributed by atoms with Gasteiger partial charge in [-0.15, -0.1) is 0 Å². The average Bonchev–Trinajstić information content (AvgIpc) is 2.78. The van der Waals surface area contributed by atoms with Crippen LogP contribution in [0.2, 0.25) is 0 Å². The van der Waals surface area contributed by atoms with Crippen molar-refractivity contribution in [3.05, 3.63) is 22.4 Å². The molecule has 1 aromatic heterocycles. The lowest BCUT2D eigenvalue weighted by molar-refractivity contribution is -0.128. The van der Waals surface area contributed by atoms with Crippen LogP contribution in [-0.4, -0.2) is 23.9 Å². The summed E-state index contributed by atoms with van der Waals surface area (Å²) in [6.07, 6.45) is 0.919. The lowest BCUT2D eigenvalue weighted by atomic mass is 10.2. The third-order valence-corrected chi connectivity index (χ3v) is 3.36. The van der Waals surface area contributed by atoms with Gasteiger partial charge in [0, 0.05) is 7.05 Å². The molecule has 2 heterocycles. The number of nitrogens with one attached hydrogen (secondary N) is 1. The van der Waals surface area contributed by atoms with E-state index in [0.717, 1.165) is 6.42 Å². The van der Waals surface area contributed by atoms with Crippen molar-refractivity contribution in [2.24, 2.45) is 0 Å². The van der Waals surface area contributed by atoms with Crippen molar-refractivity contribution in [2.45, 2.75) is 25.6 Å². The van der Waals surface area contributed by atoms with Crippen LogP contribution in [-0.2, 0) is 4.79 Å². The highest BCUT2D eigenvalue weighted by Gasteiger charge is 2.35. The number of hydrogen-bond donors (Lipinski definition) is 1. The summed E-state index contributed by atoms with van der Waals surface area (Å²) in [6.45, 7) is 2.03. The van der Waals surface area contributed by atoms with Gasteiger partial charge in [0.1, 0.15) is 6.17 Å². The first kappa shape index (κ1) is 9.68. The first-order valence-corrected chi connectivity index (χ1v) is 5.73. The monoisotopic (exact) mass is 210 g/mol. The Labute approximate surface area is 87.7 Å². The Bertz CT molecular complexity index is 323. The van der Waals surface area contributed by atoms with Gasteiger partial charge < -0.3 is 4.90 Å². The molecule has 4 heteroatoms. The molecule has 2 unspecified atom stereocenters. The minimum atomic E-state index is -0.00935. The Morgan fingerprint density at radius 2 is 2.43 bits per heavy atom. The van der Waals surface area contributed by atoms with Crippen LogP contribution in [0.3, 0.4) is 0 Å². The van der Waals surface area contributed by atoms with Crippen LogP contribution in [0.5, 0.6) is 0 Å². The Balaban J connectivity index is 2.20. The number of amides is 1. The van der Waals surface area contributed by atoms with E-state index in [4.69, 9.17) is 0 Å². The van der Waals surface area contributed by atoms with Gasteiger partial charge in [-0.1, -0.05) is 6.92 Å². The van der Waals surface area contributed by atoms with Crippen molar-refractivity contribution in [2.75, 3.05) is 7.05 Å². The summed E-state index contributed by atoms with van der Waals surface area (Å²) in [5, 5.41) is 7.44. The first-order valence-electron chi connectivity index (χ1n) is 4.79. The molecule has 1 fully saturated rings. The fraction of sp³-hybridized carbons (Fsp3) is 0.500. The van der Waals surface area contributed by atoms with E-state index in [1.165, 1.54) is 5.56 Å². The third-order valence-electron chi connectivity index (χ3n) is 2.66. The zero-order chi connectivity index (χ0) is 10.1. The molecule has 0 aliphatic carbocycles. The zero-order valence-electron chi connectivity index (χ0n) is 8.36. The second-order valence-electron chi connectivity index (χ2n) is 3.54. The van der Waals surface area contributed by atoms with Gasteiger partial charge in [-0.25, -0.2) is 0 Å². The molecular weight excluding hydrogens is 196 g/mol. The Kier molecular flexibility index (Phi) is 2.56. The second kappa shape index (κ2) is 3.71. The van der Waals surface area contributed by atoms with Gasteiger partial charge in [-0.2, -0.15) is 11.3 Å². The van der Waals surface area contributed by atoms with Gasteiger partial charge in [-0.3, -0.25) is 10.1 Å². The molecule has 2 rings (SSSR count). The van der Waals surface area contributed by atoms with Crippen LogP contribution >= 0.6 is 11.3 Å². The molecule has 1 aromatic rings. The molecule has 1 N–H and O–H groups in total. The molecule has 0 spiro atoms. The molecule has 3 nitrogen and oxygen atoms in total. The molecule has 76 valence electrons. The van der Waals surface area contributed by atoms with Crippen LogP contribution in [0, 0.1) is 0 Å². The topological polar surface area (TPSA) is 32.3 Å². The second-order valence-corrected chi connectivity index (χ2v) is 4.32. The lowest BCUT2D eigenvalue weighted by Crippen LogP contribution is -2.27. The van der Waals surface area contributed by atoms with Crippen molar-refractivity contribution in [1.82, 2.24) is 10.2 Å². The molecule has 0 bridgehead atoms. The summed E-state index contributed by atoms with van der Waals surface area (Å²) in [4.78, 5) is 13.5. The van der Waals surface area contributed by atoms with Crippen molar-refractivity contribution < 1.29 is 4.79 Å². The molecule has 1 amide bonds. The zero-order valence-corrected chi connectivity index (χ0v) is 9.17. The van der Waals surface area contributed by atoms with Gasteiger partial charge in [0.2, 0.25) is 5.91 Å². The Morgan fingerprint density at radius 3 is 2.93 bits per heavy atom. The number of thiophene rings is 1. The van der Waals surface area contributed by atoms with E-state index in [2.05, 4.69) is 16.8 Å². The van der Waals surface area contributed by atoms with Gasteiger partial charge in [0.05, 0.1) is 6.04 Å². The quantitative estimate of drug-likeness (QED) is 0.804. The smallest absolute Gasteiger partial charge is 0.241 e. The van der Waals surface area contributed by atoms with Crippen molar-refractivity contribution in [3.8, 4) is 0 Å². The van der Waals surface area contributed by atoms with Gasteiger partial charge >= 0.3 is 0 Å². The maximum atomic E-state index is 11.7. The van der Waals surface area contributed by atoms with E-state index in [-0.39, 0.29) is 18.1 Å². The van der Waals surface area contributed by atoms with Crippen molar-refractivity contribution in [1.29, 1.82) is 0 Å². The van der Waals surface area contributed by atoms with Crippen LogP contribution in [0.1, 0.15) is 25.1 Å². The van der Waals surface area contributed by atoms with Crippen LogP contribution in [0.4, 0.5) is 0 Å². The number of likely N-dealkylation sites (N-methyl/N-ethyl adjacent to an activating group) is 1. The van der Waals surface area contributed by atoms with E-state index in [1.807, 2.05) is 19.4 Å². The molecular formula is C10H14N2OS. The van der Waals surface area contributed by atoms with Crippen LogP contribution < -0.4 is 5.32 Å². The van der Waals surface area contributed by atoms with Crippen LogP contribution in [0.25, 0.3) is 0 Å².